The summed E-state index contributed by atoms with van der Waals surface area (Å²) in [5.74, 6) is 0. The van der Waals surface area contributed by atoms with Crippen molar-refractivity contribution >= 4 is 69.2 Å². The number of halogens is 1. The van der Waals surface area contributed by atoms with Crippen LogP contribution in [-0.2, 0) is 0 Å². The van der Waals surface area contributed by atoms with E-state index < -0.39 is 7.12 Å². The molecule has 0 aliphatic rings. The first-order chi connectivity index (χ1) is 6.61. The van der Waals surface area contributed by atoms with Gasteiger partial charge in [-0.2, -0.15) is 0 Å². The van der Waals surface area contributed by atoms with E-state index in [2.05, 4.69) is 35.2 Å². The number of thiophene rings is 1. The third kappa shape index (κ3) is 1.69. The summed E-state index contributed by atoms with van der Waals surface area (Å²) < 4.78 is 1.98. The Kier molecular flexibility index (Phi) is 3.08. The molecule has 1 heterocycles. The van der Waals surface area contributed by atoms with Crippen LogP contribution in [0.3, 0.4) is 0 Å². The van der Waals surface area contributed by atoms with Gasteiger partial charge in [-0.05, 0) is 40.1 Å². The first-order valence-corrected chi connectivity index (χ1v) is 6.26. The Balaban J connectivity index is 2.82. The van der Waals surface area contributed by atoms with Gasteiger partial charge in [0.05, 0.1) is 0 Å². The van der Waals surface area contributed by atoms with Gasteiger partial charge in [0.15, 0.2) is 0 Å². The van der Waals surface area contributed by atoms with Gasteiger partial charge < -0.3 is 10.0 Å². The molecule has 0 spiro atoms. The molecule has 14 heavy (non-hydrogen) atoms. The third-order valence-corrected chi connectivity index (χ3v) is 4.37. The summed E-state index contributed by atoms with van der Waals surface area (Å²) in [5.41, 5.74) is 0.486. The highest BCUT2D eigenvalue weighted by Gasteiger charge is 2.20. The Hall–Kier alpha value is 0.245. The van der Waals surface area contributed by atoms with Gasteiger partial charge in [-0.3, -0.25) is 0 Å². The molecule has 0 saturated carbocycles. The zero-order valence-corrected chi connectivity index (χ0v) is 10.8. The molecule has 0 amide bonds. The number of fused-ring (bicyclic) bond motifs is 1. The molecule has 0 fully saturated rings. The summed E-state index contributed by atoms with van der Waals surface area (Å²) in [7, 11) is -1.46. The van der Waals surface area contributed by atoms with Crippen molar-refractivity contribution in [1.82, 2.24) is 0 Å². The van der Waals surface area contributed by atoms with E-state index in [0.29, 0.717) is 10.4 Å². The number of benzene rings is 1. The molecule has 2 aromatic rings. The summed E-state index contributed by atoms with van der Waals surface area (Å²) in [6, 6.07) is 3.83. The smallest absolute Gasteiger partial charge is 0.423 e. The second kappa shape index (κ2) is 4.01. The van der Waals surface area contributed by atoms with Gasteiger partial charge in [-0.25, -0.2) is 0 Å². The summed E-state index contributed by atoms with van der Waals surface area (Å²) >= 11 is 7.97. The zero-order valence-electron chi connectivity index (χ0n) is 6.94. The largest absolute Gasteiger partial charge is 0.490 e. The molecule has 72 valence electrons. The van der Waals surface area contributed by atoms with Crippen molar-refractivity contribution in [3.05, 3.63) is 21.1 Å². The van der Waals surface area contributed by atoms with Crippen molar-refractivity contribution in [2.24, 2.45) is 0 Å². The molecule has 1 aromatic heterocycles. The number of hydrogen-bond donors (Lipinski definition) is 3. The monoisotopic (exact) mass is 336 g/mol. The van der Waals surface area contributed by atoms with Crippen LogP contribution in [-0.4, -0.2) is 17.2 Å². The fraction of sp³-hybridized carbons (Fsp3) is 0. The van der Waals surface area contributed by atoms with E-state index in [9.17, 15) is 10.0 Å². The minimum absolute atomic E-state index is 0.486. The second-order valence-corrected chi connectivity index (χ2v) is 5.34. The SMILES string of the molecule is OB(O)c1c(S)cc2sccc2c1I. The predicted octanol–water partition coefficient (Wildman–Crippen LogP) is 1.47. The quantitative estimate of drug-likeness (QED) is 0.419. The second-order valence-electron chi connectivity index (χ2n) is 2.83. The Morgan fingerprint density at radius 2 is 2.14 bits per heavy atom. The normalized spacial score (nSPS) is 10.9. The maximum Gasteiger partial charge on any atom is 0.490 e. The molecule has 2 N–H and O–H groups in total. The number of rotatable bonds is 1. The van der Waals surface area contributed by atoms with Crippen LogP contribution in [0.2, 0.25) is 0 Å². The first-order valence-electron chi connectivity index (χ1n) is 3.86. The average Bonchev–Trinajstić information content (AvgIpc) is 2.50. The van der Waals surface area contributed by atoms with Gasteiger partial charge in [0.2, 0.25) is 0 Å². The Morgan fingerprint density at radius 1 is 1.43 bits per heavy atom. The van der Waals surface area contributed by atoms with Crippen molar-refractivity contribution in [1.29, 1.82) is 0 Å². The minimum atomic E-state index is -1.46. The lowest BCUT2D eigenvalue weighted by atomic mass is 9.80. The van der Waals surface area contributed by atoms with Crippen molar-refractivity contribution in [3.63, 3.8) is 0 Å². The Labute approximate surface area is 105 Å². The maximum atomic E-state index is 9.19. The molecule has 2 nitrogen and oxygen atoms in total. The van der Waals surface area contributed by atoms with Crippen molar-refractivity contribution in [2.75, 3.05) is 0 Å². The summed E-state index contributed by atoms with van der Waals surface area (Å²) in [6.45, 7) is 0. The lowest BCUT2D eigenvalue weighted by Crippen LogP contribution is -2.33. The lowest BCUT2D eigenvalue weighted by Gasteiger charge is -2.07. The molecule has 0 atom stereocenters. The van der Waals surface area contributed by atoms with Crippen LogP contribution < -0.4 is 5.46 Å². The highest BCUT2D eigenvalue weighted by Crippen LogP contribution is 2.27. The molecule has 2 rings (SSSR count). The lowest BCUT2D eigenvalue weighted by molar-refractivity contribution is 0.424. The van der Waals surface area contributed by atoms with Gasteiger partial charge in [0.1, 0.15) is 0 Å². The summed E-state index contributed by atoms with van der Waals surface area (Å²) in [4.78, 5) is 0.624. The molecule has 0 saturated heterocycles. The van der Waals surface area contributed by atoms with Crippen LogP contribution >= 0.6 is 46.6 Å². The van der Waals surface area contributed by atoms with Gasteiger partial charge >= 0.3 is 7.12 Å². The van der Waals surface area contributed by atoms with Crippen LogP contribution in [0, 0.1) is 3.57 Å². The van der Waals surface area contributed by atoms with Crippen molar-refractivity contribution in [2.45, 2.75) is 4.90 Å². The zero-order chi connectivity index (χ0) is 10.3. The minimum Gasteiger partial charge on any atom is -0.423 e. The highest BCUT2D eigenvalue weighted by molar-refractivity contribution is 14.1. The van der Waals surface area contributed by atoms with E-state index in [0.717, 1.165) is 13.7 Å². The predicted molar refractivity (Wildman–Crippen MR) is 71.6 cm³/mol. The standard InChI is InChI=1S/C8H6BIO2S2/c10-8-4-1-2-14-6(4)3-5(13)7(8)9(11)12/h1-3,11-13H. The Morgan fingerprint density at radius 3 is 2.79 bits per heavy atom. The molecule has 0 radical (unpaired) electrons. The van der Waals surface area contributed by atoms with Crippen molar-refractivity contribution in [3.8, 4) is 0 Å². The van der Waals surface area contributed by atoms with Crippen LogP contribution in [0.5, 0.6) is 0 Å². The molecule has 0 bridgehead atoms. The summed E-state index contributed by atoms with van der Waals surface area (Å²) in [6.07, 6.45) is 0. The van der Waals surface area contributed by atoms with Crippen LogP contribution in [0.4, 0.5) is 0 Å². The molecule has 0 unspecified atom stereocenters. The average molecular weight is 336 g/mol. The highest BCUT2D eigenvalue weighted by atomic mass is 127. The number of hydrogen-bond acceptors (Lipinski definition) is 4. The fourth-order valence-electron chi connectivity index (χ4n) is 1.32. The summed E-state index contributed by atoms with van der Waals surface area (Å²) in [5, 5.41) is 21.4. The maximum absolute atomic E-state index is 9.19. The first kappa shape index (κ1) is 10.8. The van der Waals surface area contributed by atoms with Crippen LogP contribution in [0.25, 0.3) is 10.1 Å². The third-order valence-electron chi connectivity index (χ3n) is 1.97. The van der Waals surface area contributed by atoms with Gasteiger partial charge in [0.25, 0.3) is 0 Å². The van der Waals surface area contributed by atoms with E-state index in [1.54, 1.807) is 11.3 Å². The van der Waals surface area contributed by atoms with E-state index >= 15 is 0 Å². The molecular weight excluding hydrogens is 330 g/mol. The Bertz CT molecular complexity index is 483. The van der Waals surface area contributed by atoms with Crippen LogP contribution in [0.15, 0.2) is 22.4 Å². The van der Waals surface area contributed by atoms with E-state index in [-0.39, 0.29) is 0 Å². The van der Waals surface area contributed by atoms with Crippen LogP contribution in [0.1, 0.15) is 0 Å². The van der Waals surface area contributed by atoms with Gasteiger partial charge in [0, 0.05) is 24.0 Å². The molecular formula is C8H6BIO2S2. The molecule has 0 aliphatic heterocycles. The molecule has 6 heteroatoms. The van der Waals surface area contributed by atoms with Gasteiger partial charge in [-0.15, -0.1) is 24.0 Å². The van der Waals surface area contributed by atoms with E-state index in [4.69, 9.17) is 0 Å². The number of thiol groups is 1. The fourth-order valence-corrected chi connectivity index (χ4v) is 4.03. The van der Waals surface area contributed by atoms with E-state index in [1.807, 2.05) is 17.5 Å². The molecule has 0 aliphatic carbocycles. The van der Waals surface area contributed by atoms with E-state index in [1.165, 1.54) is 0 Å². The van der Waals surface area contributed by atoms with Gasteiger partial charge in [-0.1, -0.05) is 0 Å². The van der Waals surface area contributed by atoms with Crippen molar-refractivity contribution < 1.29 is 10.0 Å². The topological polar surface area (TPSA) is 40.5 Å². The molecule has 1 aromatic carbocycles.